The van der Waals surface area contributed by atoms with E-state index in [2.05, 4.69) is 0 Å². The number of amides is 1. The molecule has 29 heavy (non-hydrogen) atoms. The minimum atomic E-state index is -3.14. The Morgan fingerprint density at radius 3 is 2.69 bits per heavy atom. The Balaban J connectivity index is 1.43. The van der Waals surface area contributed by atoms with Crippen LogP contribution in [0.3, 0.4) is 0 Å². The van der Waals surface area contributed by atoms with E-state index in [-0.39, 0.29) is 11.7 Å². The van der Waals surface area contributed by atoms with Gasteiger partial charge in [-0.3, -0.25) is 4.79 Å². The number of fused-ring (bicyclic) bond motifs is 1. The number of hydrogen-bond donors (Lipinski definition) is 0. The van der Waals surface area contributed by atoms with Crippen LogP contribution in [0.2, 0.25) is 5.02 Å². The summed E-state index contributed by atoms with van der Waals surface area (Å²) < 4.78 is 24.2. The maximum atomic E-state index is 12.9. The van der Waals surface area contributed by atoms with Gasteiger partial charge in [0.25, 0.3) is 5.91 Å². The van der Waals surface area contributed by atoms with Crippen LogP contribution in [0.1, 0.15) is 39.7 Å². The average Bonchev–Trinajstić information content (AvgIpc) is 3.09. The highest BCUT2D eigenvalue weighted by Crippen LogP contribution is 2.35. The third-order valence-electron chi connectivity index (χ3n) is 5.10. The molecule has 2 aromatic carbocycles. The van der Waals surface area contributed by atoms with Crippen molar-refractivity contribution in [2.24, 2.45) is 0 Å². The number of rotatable bonds is 4. The van der Waals surface area contributed by atoms with E-state index >= 15 is 0 Å². The first kappa shape index (κ1) is 20.3. The lowest BCUT2D eigenvalue weighted by Gasteiger charge is -2.31. The van der Waals surface area contributed by atoms with Gasteiger partial charge in [0, 0.05) is 35.8 Å². The molecule has 0 aliphatic carbocycles. The summed E-state index contributed by atoms with van der Waals surface area (Å²) >= 11 is 7.76. The first-order chi connectivity index (χ1) is 13.8. The van der Waals surface area contributed by atoms with Gasteiger partial charge in [-0.05, 0) is 48.7 Å². The molecule has 5 nitrogen and oxygen atoms in total. The summed E-state index contributed by atoms with van der Waals surface area (Å²) in [5.74, 6) is 0.235. The Bertz CT molecular complexity index is 1170. The Morgan fingerprint density at radius 1 is 1.21 bits per heavy atom. The molecule has 0 unspecified atom stereocenters. The molecule has 1 aromatic heterocycles. The Hall–Kier alpha value is -1.96. The molecule has 0 radical (unpaired) electrons. The molecule has 8 heteroatoms. The average molecular weight is 449 g/mol. The van der Waals surface area contributed by atoms with E-state index in [1.54, 1.807) is 35.6 Å². The highest BCUT2D eigenvalue weighted by molar-refractivity contribution is 7.89. The van der Waals surface area contributed by atoms with Crippen molar-refractivity contribution >= 4 is 48.9 Å². The van der Waals surface area contributed by atoms with Crippen molar-refractivity contribution in [3.05, 3.63) is 63.6 Å². The zero-order valence-corrected chi connectivity index (χ0v) is 18.4. The van der Waals surface area contributed by atoms with Crippen molar-refractivity contribution in [3.63, 3.8) is 0 Å². The largest absolute Gasteiger partial charge is 0.339 e. The maximum Gasteiger partial charge on any atom is 0.253 e. The van der Waals surface area contributed by atoms with Crippen molar-refractivity contribution in [1.29, 1.82) is 0 Å². The van der Waals surface area contributed by atoms with Gasteiger partial charge in [0.05, 0.1) is 21.0 Å². The van der Waals surface area contributed by atoms with Gasteiger partial charge in [-0.15, -0.1) is 11.3 Å². The number of piperidine rings is 1. The third-order valence-corrected chi connectivity index (χ3v) is 7.39. The highest BCUT2D eigenvalue weighted by Gasteiger charge is 2.26. The number of sulfone groups is 1. The number of thiazole rings is 1. The molecule has 0 spiro atoms. The third kappa shape index (κ3) is 4.79. The van der Waals surface area contributed by atoms with Gasteiger partial charge in [-0.25, -0.2) is 13.4 Å². The van der Waals surface area contributed by atoms with Crippen LogP contribution < -0.4 is 0 Å². The number of aromatic nitrogens is 1. The summed E-state index contributed by atoms with van der Waals surface area (Å²) in [5.41, 5.74) is 2.11. The molecule has 0 atom stereocenters. The van der Waals surface area contributed by atoms with Gasteiger partial charge >= 0.3 is 0 Å². The lowest BCUT2D eigenvalue weighted by atomic mass is 9.97. The van der Waals surface area contributed by atoms with E-state index in [0.29, 0.717) is 35.2 Å². The molecule has 1 aliphatic heterocycles. The van der Waals surface area contributed by atoms with Gasteiger partial charge in [0.15, 0.2) is 9.84 Å². The van der Waals surface area contributed by atoms with E-state index in [1.807, 2.05) is 23.1 Å². The van der Waals surface area contributed by atoms with Crippen LogP contribution in [-0.4, -0.2) is 43.6 Å². The zero-order chi connectivity index (χ0) is 20.6. The van der Waals surface area contributed by atoms with Gasteiger partial charge in [0.1, 0.15) is 0 Å². The number of likely N-dealkylation sites (tertiary alicyclic amines) is 1. The fourth-order valence-electron chi connectivity index (χ4n) is 3.70. The predicted octanol–water partition coefficient (Wildman–Crippen LogP) is 4.51. The summed E-state index contributed by atoms with van der Waals surface area (Å²) in [6, 6.07) is 12.7. The fraction of sp³-hybridized carbons (Fsp3) is 0.333. The van der Waals surface area contributed by atoms with E-state index in [1.165, 1.54) is 6.26 Å². The fourth-order valence-corrected chi connectivity index (χ4v) is 5.77. The van der Waals surface area contributed by atoms with Crippen molar-refractivity contribution in [1.82, 2.24) is 9.88 Å². The van der Waals surface area contributed by atoms with E-state index in [9.17, 15) is 13.2 Å². The molecule has 0 saturated carbocycles. The molecule has 1 saturated heterocycles. The van der Waals surface area contributed by atoms with E-state index < -0.39 is 9.84 Å². The molecule has 1 fully saturated rings. The normalized spacial score (nSPS) is 15.7. The molecule has 0 bridgehead atoms. The molecule has 0 N–H and O–H groups in total. The SMILES string of the molecule is CS(=O)(=O)Cc1cccc(C(=O)N2CCC(c3nc4cc(Cl)ccc4s3)CC2)c1. The molecule has 3 aromatic rings. The number of nitrogens with zero attached hydrogens (tertiary/aromatic N) is 2. The molecular formula is C21H21ClN2O3S2. The minimum Gasteiger partial charge on any atom is -0.339 e. The first-order valence-corrected chi connectivity index (χ1v) is 12.7. The van der Waals surface area contributed by atoms with E-state index in [4.69, 9.17) is 16.6 Å². The highest BCUT2D eigenvalue weighted by atomic mass is 35.5. The maximum absolute atomic E-state index is 12.9. The van der Waals surface area contributed by atoms with Gasteiger partial charge < -0.3 is 4.90 Å². The van der Waals surface area contributed by atoms with Crippen LogP contribution in [0, 0.1) is 0 Å². The molecule has 1 amide bonds. The van der Waals surface area contributed by atoms with Crippen LogP contribution in [0.5, 0.6) is 0 Å². The smallest absolute Gasteiger partial charge is 0.253 e. The Kier molecular flexibility index (Phi) is 5.64. The summed E-state index contributed by atoms with van der Waals surface area (Å²) in [5, 5.41) is 1.79. The molecule has 152 valence electrons. The summed E-state index contributed by atoms with van der Waals surface area (Å²) in [7, 11) is -3.14. The molecular weight excluding hydrogens is 428 g/mol. The second-order valence-corrected chi connectivity index (χ2v) is 11.1. The van der Waals surface area contributed by atoms with E-state index in [0.717, 1.165) is 28.1 Å². The minimum absolute atomic E-state index is 0.0464. The van der Waals surface area contributed by atoms with Crippen LogP contribution >= 0.6 is 22.9 Å². The van der Waals surface area contributed by atoms with Gasteiger partial charge in [-0.2, -0.15) is 0 Å². The number of halogens is 1. The van der Waals surface area contributed by atoms with Crippen LogP contribution in [-0.2, 0) is 15.6 Å². The lowest BCUT2D eigenvalue weighted by Crippen LogP contribution is -2.37. The van der Waals surface area contributed by atoms with Crippen molar-refractivity contribution < 1.29 is 13.2 Å². The summed E-state index contributed by atoms with van der Waals surface area (Å²) in [6.45, 7) is 1.33. The topological polar surface area (TPSA) is 67.3 Å². The van der Waals surface area contributed by atoms with Crippen LogP contribution in [0.15, 0.2) is 42.5 Å². The Labute approximate surface area is 179 Å². The number of benzene rings is 2. The van der Waals surface area contributed by atoms with Crippen molar-refractivity contribution in [3.8, 4) is 0 Å². The molecule has 4 rings (SSSR count). The molecule has 2 heterocycles. The van der Waals surface area contributed by atoms with Gasteiger partial charge in [-0.1, -0.05) is 23.7 Å². The number of hydrogen-bond acceptors (Lipinski definition) is 5. The quantitative estimate of drug-likeness (QED) is 0.588. The van der Waals surface area contributed by atoms with Crippen LogP contribution in [0.25, 0.3) is 10.2 Å². The predicted molar refractivity (Wildman–Crippen MR) is 117 cm³/mol. The van der Waals surface area contributed by atoms with Crippen molar-refractivity contribution in [2.75, 3.05) is 19.3 Å². The Morgan fingerprint density at radius 2 is 1.97 bits per heavy atom. The second kappa shape index (κ2) is 8.05. The number of carbonyl (C=O) groups is 1. The van der Waals surface area contributed by atoms with Crippen LogP contribution in [0.4, 0.5) is 0 Å². The zero-order valence-electron chi connectivity index (χ0n) is 16.0. The summed E-state index contributed by atoms with van der Waals surface area (Å²) in [6.07, 6.45) is 2.92. The monoisotopic (exact) mass is 448 g/mol. The van der Waals surface area contributed by atoms with Gasteiger partial charge in [0.2, 0.25) is 0 Å². The van der Waals surface area contributed by atoms with Crippen molar-refractivity contribution in [2.45, 2.75) is 24.5 Å². The second-order valence-electron chi connectivity index (χ2n) is 7.50. The first-order valence-electron chi connectivity index (χ1n) is 9.40. The summed E-state index contributed by atoms with van der Waals surface area (Å²) in [4.78, 5) is 19.5. The lowest BCUT2D eigenvalue weighted by molar-refractivity contribution is 0.0713. The standard InChI is InChI=1S/C21H21ClN2O3S2/c1-29(26,27)13-14-3-2-4-16(11-14)21(25)24-9-7-15(8-10-24)20-23-18-12-17(22)5-6-19(18)28-20/h2-6,11-12,15H,7-10,13H2,1H3. The number of carbonyl (C=O) groups excluding carboxylic acids is 1. The molecule has 1 aliphatic rings.